The first-order chi connectivity index (χ1) is 8.27. The van der Waals surface area contributed by atoms with Gasteiger partial charge in [0.1, 0.15) is 5.75 Å². The summed E-state index contributed by atoms with van der Waals surface area (Å²) in [7, 11) is 0. The summed E-state index contributed by atoms with van der Waals surface area (Å²) in [6.07, 6.45) is 1.74. The van der Waals surface area contributed by atoms with E-state index in [0.29, 0.717) is 23.8 Å². The van der Waals surface area contributed by atoms with Crippen LogP contribution in [-0.2, 0) is 6.54 Å². The number of halogens is 1. The van der Waals surface area contributed by atoms with Gasteiger partial charge >= 0.3 is 0 Å². The molecular weight excluding hydrogens is 238 g/mol. The van der Waals surface area contributed by atoms with Crippen LogP contribution in [0.25, 0.3) is 0 Å². The summed E-state index contributed by atoms with van der Waals surface area (Å²) in [5, 5.41) is 12.6. The molecule has 1 rings (SSSR count). The van der Waals surface area contributed by atoms with Gasteiger partial charge in [0.25, 0.3) is 0 Å². The van der Waals surface area contributed by atoms with Crippen molar-refractivity contribution in [1.82, 2.24) is 5.32 Å². The van der Waals surface area contributed by atoms with E-state index >= 15 is 0 Å². The first kappa shape index (κ1) is 14.3. The topological polar surface area (TPSA) is 41.5 Å². The van der Waals surface area contributed by atoms with Crippen molar-refractivity contribution in [2.75, 3.05) is 19.8 Å². The predicted molar refractivity (Wildman–Crippen MR) is 70.6 cm³/mol. The third kappa shape index (κ3) is 5.39. The Labute approximate surface area is 108 Å². The highest BCUT2D eigenvalue weighted by Crippen LogP contribution is 2.25. The van der Waals surface area contributed by atoms with Crippen LogP contribution in [0, 0.1) is 0 Å². The van der Waals surface area contributed by atoms with Crippen LogP contribution >= 0.6 is 11.6 Å². The van der Waals surface area contributed by atoms with E-state index in [9.17, 15) is 0 Å². The molecule has 2 N–H and O–H groups in total. The summed E-state index contributed by atoms with van der Waals surface area (Å²) < 4.78 is 5.45. The quantitative estimate of drug-likeness (QED) is 0.704. The van der Waals surface area contributed by atoms with Gasteiger partial charge in [-0.25, -0.2) is 0 Å². The Kier molecular flexibility index (Phi) is 7.01. The summed E-state index contributed by atoms with van der Waals surface area (Å²) >= 11 is 6.11. The van der Waals surface area contributed by atoms with Crippen molar-refractivity contribution in [3.63, 3.8) is 0 Å². The molecule has 0 bridgehead atoms. The zero-order valence-electron chi connectivity index (χ0n) is 10.2. The number of benzene rings is 1. The fourth-order valence-electron chi connectivity index (χ4n) is 1.43. The minimum Gasteiger partial charge on any atom is -0.492 e. The molecule has 0 fully saturated rings. The number of hydrogen-bond donors (Lipinski definition) is 2. The predicted octanol–water partition coefficient (Wildman–Crippen LogP) is 2.60. The Morgan fingerprint density at radius 2 is 2.24 bits per heavy atom. The molecule has 0 radical (unpaired) electrons. The maximum atomic E-state index is 8.66. The van der Waals surface area contributed by atoms with E-state index < -0.39 is 0 Å². The molecule has 0 aliphatic heterocycles. The van der Waals surface area contributed by atoms with Gasteiger partial charge in [0.2, 0.25) is 0 Å². The average molecular weight is 258 g/mol. The van der Waals surface area contributed by atoms with E-state index in [1.807, 2.05) is 18.2 Å². The largest absolute Gasteiger partial charge is 0.492 e. The Hall–Kier alpha value is -0.770. The molecular formula is C13H20ClNO2. The van der Waals surface area contributed by atoms with Gasteiger partial charge in [-0.1, -0.05) is 24.6 Å². The van der Waals surface area contributed by atoms with Crippen LogP contribution in [0.5, 0.6) is 5.75 Å². The monoisotopic (exact) mass is 257 g/mol. The van der Waals surface area contributed by atoms with Gasteiger partial charge in [-0.15, -0.1) is 0 Å². The van der Waals surface area contributed by atoms with Gasteiger partial charge in [-0.2, -0.15) is 0 Å². The van der Waals surface area contributed by atoms with Crippen LogP contribution in [0.4, 0.5) is 0 Å². The number of ether oxygens (including phenoxy) is 1. The summed E-state index contributed by atoms with van der Waals surface area (Å²) in [6.45, 7) is 4.59. The minimum atomic E-state index is 0.136. The molecule has 0 unspecified atom stereocenters. The van der Waals surface area contributed by atoms with Crippen molar-refractivity contribution in [3.8, 4) is 5.75 Å². The molecule has 1 aromatic rings. The molecule has 0 aliphatic carbocycles. The molecule has 0 aromatic heterocycles. The summed E-state index contributed by atoms with van der Waals surface area (Å²) in [5.74, 6) is 0.680. The average Bonchev–Trinajstić information content (AvgIpc) is 2.32. The van der Waals surface area contributed by atoms with Gasteiger partial charge in [-0.3, -0.25) is 0 Å². The van der Waals surface area contributed by atoms with Gasteiger partial charge in [-0.05, 0) is 30.7 Å². The highest BCUT2D eigenvalue weighted by Gasteiger charge is 2.02. The van der Waals surface area contributed by atoms with E-state index in [0.717, 1.165) is 25.1 Å². The number of hydrogen-bond acceptors (Lipinski definition) is 3. The lowest BCUT2D eigenvalue weighted by molar-refractivity contribution is 0.233. The van der Waals surface area contributed by atoms with E-state index in [4.69, 9.17) is 21.4 Å². The van der Waals surface area contributed by atoms with E-state index in [-0.39, 0.29) is 6.61 Å². The third-order valence-electron chi connectivity index (χ3n) is 2.31. The van der Waals surface area contributed by atoms with Crippen LogP contribution in [0.15, 0.2) is 18.2 Å². The van der Waals surface area contributed by atoms with Gasteiger partial charge in [0, 0.05) is 19.6 Å². The highest BCUT2D eigenvalue weighted by atomic mass is 35.5. The summed E-state index contributed by atoms with van der Waals surface area (Å²) in [5.41, 5.74) is 1.15. The molecule has 1 aromatic carbocycles. The molecule has 17 heavy (non-hydrogen) atoms. The molecule has 0 heterocycles. The van der Waals surface area contributed by atoms with Crippen molar-refractivity contribution >= 4 is 11.6 Å². The minimum absolute atomic E-state index is 0.136. The Bertz CT molecular complexity index is 331. The number of rotatable bonds is 8. The second-order valence-electron chi connectivity index (χ2n) is 3.87. The molecule has 0 saturated carbocycles. The maximum Gasteiger partial charge on any atom is 0.137 e. The fraction of sp³-hybridized carbons (Fsp3) is 0.538. The molecule has 0 aliphatic rings. The van der Waals surface area contributed by atoms with Crippen molar-refractivity contribution in [2.45, 2.75) is 26.3 Å². The van der Waals surface area contributed by atoms with Crippen LogP contribution in [-0.4, -0.2) is 24.9 Å². The Morgan fingerprint density at radius 1 is 1.41 bits per heavy atom. The van der Waals surface area contributed by atoms with Crippen molar-refractivity contribution in [1.29, 1.82) is 0 Å². The van der Waals surface area contributed by atoms with Crippen LogP contribution in [0.1, 0.15) is 25.3 Å². The van der Waals surface area contributed by atoms with E-state index in [2.05, 4.69) is 12.2 Å². The smallest absolute Gasteiger partial charge is 0.137 e. The van der Waals surface area contributed by atoms with Crippen LogP contribution in [0.2, 0.25) is 5.02 Å². The Balaban J connectivity index is 2.47. The lowest BCUT2D eigenvalue weighted by Crippen LogP contribution is -2.13. The molecule has 0 amide bonds. The second kappa shape index (κ2) is 8.34. The van der Waals surface area contributed by atoms with Crippen LogP contribution in [0.3, 0.4) is 0 Å². The molecule has 3 nitrogen and oxygen atoms in total. The normalized spacial score (nSPS) is 10.5. The molecule has 96 valence electrons. The Morgan fingerprint density at radius 3 is 2.88 bits per heavy atom. The van der Waals surface area contributed by atoms with Gasteiger partial charge in [0.05, 0.1) is 11.6 Å². The lowest BCUT2D eigenvalue weighted by atomic mass is 10.2. The fourth-order valence-corrected chi connectivity index (χ4v) is 1.69. The van der Waals surface area contributed by atoms with Gasteiger partial charge < -0.3 is 15.2 Å². The molecule has 4 heteroatoms. The summed E-state index contributed by atoms with van der Waals surface area (Å²) in [4.78, 5) is 0. The number of aliphatic hydroxyl groups is 1. The number of aliphatic hydroxyl groups excluding tert-OH is 1. The van der Waals surface area contributed by atoms with E-state index in [1.165, 1.54) is 0 Å². The zero-order chi connectivity index (χ0) is 12.5. The van der Waals surface area contributed by atoms with Crippen molar-refractivity contribution in [2.24, 2.45) is 0 Å². The molecule has 0 saturated heterocycles. The maximum absolute atomic E-state index is 8.66. The van der Waals surface area contributed by atoms with Gasteiger partial charge in [0.15, 0.2) is 0 Å². The summed E-state index contributed by atoms with van der Waals surface area (Å²) in [6, 6.07) is 5.80. The van der Waals surface area contributed by atoms with Crippen molar-refractivity contribution < 1.29 is 9.84 Å². The SMILES string of the molecule is CCCNCc1ccc(OCCCO)c(Cl)c1. The highest BCUT2D eigenvalue weighted by molar-refractivity contribution is 6.32. The lowest BCUT2D eigenvalue weighted by Gasteiger charge is -2.09. The zero-order valence-corrected chi connectivity index (χ0v) is 11.0. The van der Waals surface area contributed by atoms with E-state index in [1.54, 1.807) is 0 Å². The first-order valence-corrected chi connectivity index (χ1v) is 6.38. The first-order valence-electron chi connectivity index (χ1n) is 6.00. The number of nitrogens with one attached hydrogen (secondary N) is 1. The second-order valence-corrected chi connectivity index (χ2v) is 4.27. The standard InChI is InChI=1S/C13H20ClNO2/c1-2-6-15-10-11-4-5-13(12(14)9-11)17-8-3-7-16/h4-5,9,15-16H,2-3,6-8,10H2,1H3. The van der Waals surface area contributed by atoms with Crippen molar-refractivity contribution in [3.05, 3.63) is 28.8 Å². The molecule has 0 spiro atoms. The third-order valence-corrected chi connectivity index (χ3v) is 2.61. The van der Waals surface area contributed by atoms with Crippen LogP contribution < -0.4 is 10.1 Å². The molecule has 0 atom stereocenters.